The summed E-state index contributed by atoms with van der Waals surface area (Å²) in [5.74, 6) is 0. The molecule has 0 unspecified atom stereocenters. The summed E-state index contributed by atoms with van der Waals surface area (Å²) in [6.07, 6.45) is 0. The zero-order valence-electron chi connectivity index (χ0n) is 23.9. The number of para-hydroxylation sites is 1. The maximum Gasteiger partial charge on any atom is 0.136 e. The Hall–Kier alpha value is -5.86. The minimum absolute atomic E-state index is 0.909. The van der Waals surface area contributed by atoms with E-state index >= 15 is 0 Å². The lowest BCUT2D eigenvalue weighted by Gasteiger charge is -2.26. The van der Waals surface area contributed by atoms with E-state index in [0.717, 1.165) is 39.0 Å². The largest absolute Gasteiger partial charge is 0.456 e. The minimum Gasteiger partial charge on any atom is -0.456 e. The SMILES string of the molecule is c1ccc(-c2ccc(N(c3ccc4ccc5ccccc5c4c3)c3ccc4ccc5oc6ccccc6c5c4c3)cc2)cc1. The molecule has 1 heterocycles. The summed E-state index contributed by atoms with van der Waals surface area (Å²) in [7, 11) is 0. The highest BCUT2D eigenvalue weighted by Crippen LogP contribution is 2.42. The van der Waals surface area contributed by atoms with E-state index in [1.54, 1.807) is 0 Å². The molecule has 0 saturated heterocycles. The van der Waals surface area contributed by atoms with Crippen molar-refractivity contribution in [2.75, 3.05) is 4.90 Å². The predicted molar refractivity (Wildman–Crippen MR) is 186 cm³/mol. The molecule has 0 aliphatic heterocycles. The summed E-state index contributed by atoms with van der Waals surface area (Å²) >= 11 is 0. The highest BCUT2D eigenvalue weighted by molar-refractivity contribution is 6.19. The first-order valence-electron chi connectivity index (χ1n) is 15.0. The molecule has 0 atom stereocenters. The zero-order valence-corrected chi connectivity index (χ0v) is 23.9. The zero-order chi connectivity index (χ0) is 29.0. The average Bonchev–Trinajstić information content (AvgIpc) is 3.48. The van der Waals surface area contributed by atoms with Crippen LogP contribution in [0.25, 0.3) is 65.4 Å². The van der Waals surface area contributed by atoms with Crippen LogP contribution in [0.1, 0.15) is 0 Å². The molecule has 0 aliphatic carbocycles. The van der Waals surface area contributed by atoms with E-state index in [1.807, 2.05) is 12.1 Å². The molecule has 0 radical (unpaired) electrons. The van der Waals surface area contributed by atoms with E-state index in [1.165, 1.54) is 43.4 Å². The van der Waals surface area contributed by atoms with Gasteiger partial charge in [0.2, 0.25) is 0 Å². The topological polar surface area (TPSA) is 16.4 Å². The molecule has 2 nitrogen and oxygen atoms in total. The van der Waals surface area contributed by atoms with Crippen LogP contribution in [0, 0.1) is 0 Å². The molecule has 0 spiro atoms. The number of hydrogen-bond donors (Lipinski definition) is 0. The average molecular weight is 562 g/mol. The molecule has 9 rings (SSSR count). The Bertz CT molecular complexity index is 2490. The Labute approximate surface area is 255 Å². The first kappa shape index (κ1) is 24.7. The van der Waals surface area contributed by atoms with Crippen molar-refractivity contribution in [1.29, 1.82) is 0 Å². The van der Waals surface area contributed by atoms with Gasteiger partial charge >= 0.3 is 0 Å². The molecule has 0 saturated carbocycles. The fourth-order valence-electron chi connectivity index (χ4n) is 6.68. The third kappa shape index (κ3) is 3.96. The van der Waals surface area contributed by atoms with Crippen LogP contribution in [0.15, 0.2) is 168 Å². The molecule has 9 aromatic rings. The van der Waals surface area contributed by atoms with Crippen LogP contribution in [0.2, 0.25) is 0 Å². The monoisotopic (exact) mass is 561 g/mol. The van der Waals surface area contributed by atoms with Crippen molar-refractivity contribution in [3.8, 4) is 11.1 Å². The van der Waals surface area contributed by atoms with Gasteiger partial charge in [0.25, 0.3) is 0 Å². The van der Waals surface area contributed by atoms with E-state index in [9.17, 15) is 0 Å². The van der Waals surface area contributed by atoms with Crippen LogP contribution < -0.4 is 4.90 Å². The second-order valence-corrected chi connectivity index (χ2v) is 11.4. The van der Waals surface area contributed by atoms with Gasteiger partial charge in [0, 0.05) is 27.8 Å². The second-order valence-electron chi connectivity index (χ2n) is 11.4. The number of nitrogens with zero attached hydrogens (tertiary/aromatic N) is 1. The number of fused-ring (bicyclic) bond motifs is 8. The fourth-order valence-corrected chi connectivity index (χ4v) is 6.68. The van der Waals surface area contributed by atoms with Gasteiger partial charge in [0.15, 0.2) is 0 Å². The van der Waals surface area contributed by atoms with Gasteiger partial charge in [0.05, 0.1) is 0 Å². The molecule has 0 amide bonds. The van der Waals surface area contributed by atoms with Gasteiger partial charge in [-0.3, -0.25) is 0 Å². The van der Waals surface area contributed by atoms with E-state index < -0.39 is 0 Å². The fraction of sp³-hybridized carbons (Fsp3) is 0. The maximum atomic E-state index is 6.26. The lowest BCUT2D eigenvalue weighted by molar-refractivity contribution is 0.669. The smallest absolute Gasteiger partial charge is 0.136 e. The van der Waals surface area contributed by atoms with E-state index in [4.69, 9.17) is 4.42 Å². The number of benzene rings is 8. The standard InChI is InChI=1S/C42H27NO/c1-2-8-28(9-3-1)29-16-21-33(22-17-29)43(34-23-18-31-15-14-30-10-4-5-11-36(30)38(31)26-34)35-24-19-32-20-25-41-42(39(32)27-35)37-12-6-7-13-40(37)44-41/h1-27H. The van der Waals surface area contributed by atoms with Gasteiger partial charge in [-0.2, -0.15) is 0 Å². The number of anilines is 3. The first-order chi connectivity index (χ1) is 21.8. The van der Waals surface area contributed by atoms with Crippen molar-refractivity contribution >= 4 is 71.3 Å². The van der Waals surface area contributed by atoms with Crippen molar-refractivity contribution < 1.29 is 4.42 Å². The van der Waals surface area contributed by atoms with Gasteiger partial charge in [-0.15, -0.1) is 0 Å². The lowest BCUT2D eigenvalue weighted by Crippen LogP contribution is -2.10. The molecular formula is C42H27NO. The van der Waals surface area contributed by atoms with Crippen LogP contribution in [-0.4, -0.2) is 0 Å². The molecule has 0 bridgehead atoms. The lowest BCUT2D eigenvalue weighted by atomic mass is 10.00. The Kier molecular flexibility index (Phi) is 5.54. The van der Waals surface area contributed by atoms with Crippen molar-refractivity contribution in [3.63, 3.8) is 0 Å². The number of furan rings is 1. The molecule has 2 heteroatoms. The van der Waals surface area contributed by atoms with Crippen LogP contribution in [0.4, 0.5) is 17.1 Å². The summed E-state index contributed by atoms with van der Waals surface area (Å²) in [5, 5.41) is 9.66. The van der Waals surface area contributed by atoms with Crippen molar-refractivity contribution in [1.82, 2.24) is 0 Å². The summed E-state index contributed by atoms with van der Waals surface area (Å²) in [6.45, 7) is 0. The van der Waals surface area contributed by atoms with Crippen LogP contribution in [-0.2, 0) is 0 Å². The van der Waals surface area contributed by atoms with E-state index in [-0.39, 0.29) is 0 Å². The second kappa shape index (κ2) is 9.86. The maximum absolute atomic E-state index is 6.26. The summed E-state index contributed by atoms with van der Waals surface area (Å²) in [4.78, 5) is 2.37. The molecule has 0 fully saturated rings. The van der Waals surface area contributed by atoms with E-state index in [0.29, 0.717) is 0 Å². The Morgan fingerprint density at radius 3 is 1.68 bits per heavy atom. The summed E-state index contributed by atoms with van der Waals surface area (Å²) in [5.41, 5.74) is 7.55. The first-order valence-corrected chi connectivity index (χ1v) is 15.0. The molecule has 8 aromatic carbocycles. The molecule has 0 aliphatic rings. The number of hydrogen-bond acceptors (Lipinski definition) is 2. The minimum atomic E-state index is 0.909. The third-order valence-electron chi connectivity index (χ3n) is 8.82. The summed E-state index contributed by atoms with van der Waals surface area (Å²) in [6, 6.07) is 58.7. The highest BCUT2D eigenvalue weighted by atomic mass is 16.3. The Balaban J connectivity index is 1.28. The van der Waals surface area contributed by atoms with Crippen molar-refractivity contribution in [2.45, 2.75) is 0 Å². The molecule has 0 N–H and O–H groups in total. The normalized spacial score (nSPS) is 11.6. The van der Waals surface area contributed by atoms with Gasteiger partial charge in [0.1, 0.15) is 11.2 Å². The molecular weight excluding hydrogens is 534 g/mol. The molecule has 1 aromatic heterocycles. The molecule has 44 heavy (non-hydrogen) atoms. The van der Waals surface area contributed by atoms with Gasteiger partial charge in [-0.25, -0.2) is 0 Å². The highest BCUT2D eigenvalue weighted by Gasteiger charge is 2.17. The Morgan fingerprint density at radius 1 is 0.341 bits per heavy atom. The van der Waals surface area contributed by atoms with Crippen LogP contribution in [0.3, 0.4) is 0 Å². The predicted octanol–water partition coefficient (Wildman–Crippen LogP) is 12.2. The van der Waals surface area contributed by atoms with Gasteiger partial charge < -0.3 is 9.32 Å². The molecule has 206 valence electrons. The quantitative estimate of drug-likeness (QED) is 0.199. The summed E-state index contributed by atoms with van der Waals surface area (Å²) < 4.78 is 6.26. The van der Waals surface area contributed by atoms with Crippen molar-refractivity contribution in [3.05, 3.63) is 164 Å². The van der Waals surface area contributed by atoms with Gasteiger partial charge in [-0.05, 0) is 92.0 Å². The van der Waals surface area contributed by atoms with Crippen LogP contribution >= 0.6 is 0 Å². The van der Waals surface area contributed by atoms with E-state index in [2.05, 4.69) is 157 Å². The van der Waals surface area contributed by atoms with Gasteiger partial charge in [-0.1, -0.05) is 115 Å². The van der Waals surface area contributed by atoms with Crippen molar-refractivity contribution in [2.24, 2.45) is 0 Å². The Morgan fingerprint density at radius 2 is 0.886 bits per heavy atom. The number of rotatable bonds is 4. The third-order valence-corrected chi connectivity index (χ3v) is 8.82. The van der Waals surface area contributed by atoms with Crippen LogP contribution in [0.5, 0.6) is 0 Å².